The number of ether oxygens (including phenoxy) is 1. The normalized spacial score (nSPS) is 19.5. The third-order valence-corrected chi connectivity index (χ3v) is 6.33. The molecule has 1 fully saturated rings. The Morgan fingerprint density at radius 3 is 2.07 bits per heavy atom. The monoisotopic (exact) mass is 402 g/mol. The number of carbonyl (C=O) groups is 1. The van der Waals surface area contributed by atoms with Gasteiger partial charge in [0.05, 0.1) is 6.54 Å². The molecule has 0 aromatic heterocycles. The van der Waals surface area contributed by atoms with Crippen molar-refractivity contribution in [2.45, 2.75) is 45.4 Å². The van der Waals surface area contributed by atoms with Crippen molar-refractivity contribution in [1.29, 1.82) is 0 Å². The zero-order valence-electron chi connectivity index (χ0n) is 16.4. The molecule has 1 aliphatic heterocycles. The van der Waals surface area contributed by atoms with Crippen LogP contribution in [0.2, 0.25) is 0 Å². The molecular formula is C21H26N2O4S. The van der Waals surface area contributed by atoms with Crippen molar-refractivity contribution in [3.8, 4) is 0 Å². The van der Waals surface area contributed by atoms with E-state index in [4.69, 9.17) is 4.74 Å². The van der Waals surface area contributed by atoms with Gasteiger partial charge < -0.3 is 4.74 Å². The zero-order valence-corrected chi connectivity index (χ0v) is 17.2. The molecule has 3 rings (SSSR count). The number of benzene rings is 2. The first-order chi connectivity index (χ1) is 13.2. The first-order valence-corrected chi connectivity index (χ1v) is 10.7. The van der Waals surface area contributed by atoms with Crippen LogP contribution < -0.4 is 0 Å². The molecule has 1 amide bonds. The number of hydrogen-bond acceptors (Lipinski definition) is 4. The molecule has 1 atom stereocenters. The maximum absolute atomic E-state index is 13.2. The first kappa shape index (κ1) is 20.4. The molecule has 0 radical (unpaired) electrons. The lowest BCUT2D eigenvalue weighted by Gasteiger charge is -2.24. The first-order valence-electron chi connectivity index (χ1n) is 9.27. The van der Waals surface area contributed by atoms with Crippen LogP contribution in [0.5, 0.6) is 0 Å². The molecule has 1 saturated heterocycles. The number of carbonyl (C=O) groups excluding carboxylic acids is 1. The quantitative estimate of drug-likeness (QED) is 0.784. The SMILES string of the molecule is CC(C)(C)OC(=O)N1C[C@H](Cc2ccccc2)N(Cc2ccccc2)S1(=O)=O. The van der Waals surface area contributed by atoms with Gasteiger partial charge in [-0.2, -0.15) is 17.0 Å². The van der Waals surface area contributed by atoms with Crippen LogP contribution >= 0.6 is 0 Å². The maximum atomic E-state index is 13.2. The highest BCUT2D eigenvalue weighted by Gasteiger charge is 2.47. The molecule has 28 heavy (non-hydrogen) atoms. The second-order valence-corrected chi connectivity index (χ2v) is 9.70. The van der Waals surface area contributed by atoms with E-state index in [0.717, 1.165) is 15.4 Å². The van der Waals surface area contributed by atoms with Crippen molar-refractivity contribution in [3.63, 3.8) is 0 Å². The minimum atomic E-state index is -3.97. The van der Waals surface area contributed by atoms with E-state index in [0.29, 0.717) is 6.42 Å². The fourth-order valence-corrected chi connectivity index (χ4v) is 4.87. The summed E-state index contributed by atoms with van der Waals surface area (Å²) >= 11 is 0. The summed E-state index contributed by atoms with van der Waals surface area (Å²) in [5.74, 6) is 0. The summed E-state index contributed by atoms with van der Waals surface area (Å²) in [6, 6.07) is 18.7. The van der Waals surface area contributed by atoms with Gasteiger partial charge in [-0.15, -0.1) is 0 Å². The number of nitrogens with zero attached hydrogens (tertiary/aromatic N) is 2. The summed E-state index contributed by atoms with van der Waals surface area (Å²) in [6.07, 6.45) is -0.312. The molecule has 2 aromatic carbocycles. The van der Waals surface area contributed by atoms with Gasteiger partial charge in [-0.1, -0.05) is 60.7 Å². The average molecular weight is 403 g/mol. The molecule has 6 nitrogen and oxygen atoms in total. The third kappa shape index (κ3) is 4.72. The van der Waals surface area contributed by atoms with Crippen LogP contribution in [0.15, 0.2) is 60.7 Å². The lowest BCUT2D eigenvalue weighted by molar-refractivity contribution is 0.0398. The van der Waals surface area contributed by atoms with Crippen LogP contribution in [0.25, 0.3) is 0 Å². The van der Waals surface area contributed by atoms with E-state index in [9.17, 15) is 13.2 Å². The van der Waals surface area contributed by atoms with E-state index in [1.165, 1.54) is 4.31 Å². The van der Waals surface area contributed by atoms with Crippen molar-refractivity contribution in [2.24, 2.45) is 0 Å². The Morgan fingerprint density at radius 1 is 1.00 bits per heavy atom. The van der Waals surface area contributed by atoms with Crippen LogP contribution in [-0.2, 0) is 27.9 Å². The second kappa shape index (κ2) is 7.93. The lowest BCUT2D eigenvalue weighted by Crippen LogP contribution is -2.40. The Hall–Kier alpha value is -2.38. The largest absolute Gasteiger partial charge is 0.443 e. The van der Waals surface area contributed by atoms with Crippen molar-refractivity contribution in [1.82, 2.24) is 8.61 Å². The fourth-order valence-electron chi connectivity index (χ4n) is 3.20. The van der Waals surface area contributed by atoms with Gasteiger partial charge in [0.25, 0.3) is 0 Å². The Labute approximate surface area is 166 Å². The number of amides is 1. The Balaban J connectivity index is 1.90. The molecular weight excluding hydrogens is 376 g/mol. The number of hydrogen-bond donors (Lipinski definition) is 0. The molecule has 0 aliphatic carbocycles. The Kier molecular flexibility index (Phi) is 5.76. The molecule has 2 aromatic rings. The van der Waals surface area contributed by atoms with E-state index >= 15 is 0 Å². The van der Waals surface area contributed by atoms with E-state index in [1.54, 1.807) is 20.8 Å². The molecule has 150 valence electrons. The second-order valence-electron chi connectivity index (χ2n) is 7.89. The summed E-state index contributed by atoms with van der Waals surface area (Å²) in [4.78, 5) is 12.6. The summed E-state index contributed by atoms with van der Waals surface area (Å²) < 4.78 is 33.9. The minimum absolute atomic E-state index is 0.0684. The van der Waals surface area contributed by atoms with E-state index < -0.39 is 21.9 Å². The van der Waals surface area contributed by atoms with Crippen LogP contribution in [0.4, 0.5) is 4.79 Å². The highest BCUT2D eigenvalue weighted by atomic mass is 32.2. The van der Waals surface area contributed by atoms with Crippen molar-refractivity contribution < 1.29 is 17.9 Å². The van der Waals surface area contributed by atoms with Crippen LogP contribution in [0.1, 0.15) is 31.9 Å². The highest BCUT2D eigenvalue weighted by Crippen LogP contribution is 2.29. The molecule has 0 unspecified atom stereocenters. The zero-order chi connectivity index (χ0) is 20.4. The van der Waals surface area contributed by atoms with Crippen LogP contribution in [0, 0.1) is 0 Å². The molecule has 1 heterocycles. The van der Waals surface area contributed by atoms with Crippen molar-refractivity contribution in [2.75, 3.05) is 6.54 Å². The van der Waals surface area contributed by atoms with Gasteiger partial charge in [-0.05, 0) is 38.3 Å². The fraction of sp³-hybridized carbons (Fsp3) is 0.381. The molecule has 7 heteroatoms. The summed E-state index contributed by atoms with van der Waals surface area (Å²) in [5.41, 5.74) is 1.12. The smallest absolute Gasteiger partial charge is 0.425 e. The van der Waals surface area contributed by atoms with Gasteiger partial charge >= 0.3 is 16.3 Å². The molecule has 0 spiro atoms. The van der Waals surface area contributed by atoms with Gasteiger partial charge in [0.2, 0.25) is 0 Å². The van der Waals surface area contributed by atoms with Gasteiger partial charge in [-0.3, -0.25) is 0 Å². The highest BCUT2D eigenvalue weighted by molar-refractivity contribution is 7.87. The third-order valence-electron chi connectivity index (χ3n) is 4.45. The molecule has 0 saturated carbocycles. The average Bonchev–Trinajstić information content (AvgIpc) is 2.86. The summed E-state index contributed by atoms with van der Waals surface area (Å²) in [5, 5.41) is 0. The Bertz CT molecular complexity index is 908. The minimum Gasteiger partial charge on any atom is -0.443 e. The standard InChI is InChI=1S/C21H26N2O4S/c1-21(2,3)27-20(24)23-16-19(14-17-10-6-4-7-11-17)22(28(23,25)26)15-18-12-8-5-9-13-18/h4-13,19H,14-16H2,1-3H3/t19-/m0/s1. The molecule has 0 bridgehead atoms. The van der Waals surface area contributed by atoms with Gasteiger partial charge in [-0.25, -0.2) is 4.79 Å². The summed E-state index contributed by atoms with van der Waals surface area (Å²) in [6.45, 7) is 5.43. The maximum Gasteiger partial charge on any atom is 0.425 e. The molecule has 1 aliphatic rings. The van der Waals surface area contributed by atoms with E-state index in [2.05, 4.69) is 0 Å². The number of rotatable bonds is 4. The Morgan fingerprint density at radius 2 is 1.54 bits per heavy atom. The predicted octanol–water partition coefficient (Wildman–Crippen LogP) is 3.60. The molecule has 0 N–H and O–H groups in total. The van der Waals surface area contributed by atoms with Crippen LogP contribution in [-0.4, -0.2) is 41.3 Å². The van der Waals surface area contributed by atoms with Crippen LogP contribution in [0.3, 0.4) is 0 Å². The van der Waals surface area contributed by atoms with E-state index in [-0.39, 0.29) is 19.1 Å². The van der Waals surface area contributed by atoms with Gasteiger partial charge in [0.15, 0.2) is 0 Å². The summed E-state index contributed by atoms with van der Waals surface area (Å²) in [7, 11) is -3.97. The predicted molar refractivity (Wildman–Crippen MR) is 108 cm³/mol. The topological polar surface area (TPSA) is 66.9 Å². The lowest BCUT2D eigenvalue weighted by atomic mass is 10.1. The van der Waals surface area contributed by atoms with Gasteiger partial charge in [0, 0.05) is 12.6 Å². The van der Waals surface area contributed by atoms with Crippen molar-refractivity contribution in [3.05, 3.63) is 71.8 Å². The van der Waals surface area contributed by atoms with E-state index in [1.807, 2.05) is 60.7 Å². The van der Waals surface area contributed by atoms with Crippen molar-refractivity contribution >= 4 is 16.3 Å². The van der Waals surface area contributed by atoms with Gasteiger partial charge in [0.1, 0.15) is 5.60 Å².